The van der Waals surface area contributed by atoms with Crippen molar-refractivity contribution in [1.29, 1.82) is 0 Å². The van der Waals surface area contributed by atoms with Crippen molar-refractivity contribution in [1.82, 2.24) is 0 Å². The maximum atomic E-state index is 2.44. The highest BCUT2D eigenvalue weighted by molar-refractivity contribution is 6.17. The van der Waals surface area contributed by atoms with E-state index in [0.717, 1.165) is 77.9 Å². The molecule has 0 fully saturated rings. The molecular formula is C84H58. The molecule has 0 N–H and O–H groups in total. The zero-order valence-electron chi connectivity index (χ0n) is 46.5. The average Bonchev–Trinajstić information content (AvgIpc) is 1.09. The second-order valence-corrected chi connectivity index (χ2v) is 21.3. The number of benzene rings is 14. The van der Waals surface area contributed by atoms with E-state index in [9.17, 15) is 0 Å². The van der Waals surface area contributed by atoms with Gasteiger partial charge in [0.2, 0.25) is 0 Å². The molecule has 0 aliphatic rings. The normalized spacial score (nSPS) is 11.1. The number of hydrogen-bond donors (Lipinski definition) is 0. The predicted octanol–water partition coefficient (Wildman–Crippen LogP) is 23.4. The SMILES string of the molecule is c1ccc(-c2c(-c3ccccc3)c(-c3ccccc3)c(-c3cccc(-c4cccc(-c5c(-c6ccccc6)c(-c6ccccc6)c(-c6ccccc6)c(-c6ccccc6)c5-c5ccccc5)c4)c3)c(-c3ccccc3)c2-c2ccccc2)cc1. The van der Waals surface area contributed by atoms with Gasteiger partial charge < -0.3 is 0 Å². The van der Waals surface area contributed by atoms with Gasteiger partial charge in [0.1, 0.15) is 0 Å². The van der Waals surface area contributed by atoms with Gasteiger partial charge in [0, 0.05) is 0 Å². The maximum absolute atomic E-state index is 2.44. The Bertz CT molecular complexity index is 4040. The van der Waals surface area contributed by atoms with Gasteiger partial charge in [-0.3, -0.25) is 0 Å². The Morgan fingerprint density at radius 2 is 0.190 bits per heavy atom. The summed E-state index contributed by atoms with van der Waals surface area (Å²) in [4.78, 5) is 0. The van der Waals surface area contributed by atoms with Crippen LogP contribution >= 0.6 is 0 Å². The van der Waals surface area contributed by atoms with Crippen LogP contribution in [-0.4, -0.2) is 0 Å². The number of rotatable bonds is 13. The van der Waals surface area contributed by atoms with Crippen molar-refractivity contribution in [2.75, 3.05) is 0 Å². The van der Waals surface area contributed by atoms with Gasteiger partial charge in [-0.2, -0.15) is 0 Å². The molecule has 84 heavy (non-hydrogen) atoms. The lowest BCUT2D eigenvalue weighted by atomic mass is 9.73. The van der Waals surface area contributed by atoms with E-state index >= 15 is 0 Å². The van der Waals surface area contributed by atoms with Crippen LogP contribution < -0.4 is 0 Å². The predicted molar refractivity (Wildman–Crippen MR) is 357 cm³/mol. The molecule has 14 aromatic rings. The number of hydrogen-bond acceptors (Lipinski definition) is 0. The first-order valence-electron chi connectivity index (χ1n) is 29.0. The fraction of sp³-hybridized carbons (Fsp3) is 0. The molecule has 0 amide bonds. The Balaban J connectivity index is 1.10. The van der Waals surface area contributed by atoms with Gasteiger partial charge in [-0.15, -0.1) is 0 Å². The van der Waals surface area contributed by atoms with Crippen molar-refractivity contribution in [3.05, 3.63) is 352 Å². The second-order valence-electron chi connectivity index (χ2n) is 21.3. The lowest BCUT2D eigenvalue weighted by Gasteiger charge is -2.29. The fourth-order valence-corrected chi connectivity index (χ4v) is 12.7. The Morgan fingerprint density at radius 1 is 0.0833 bits per heavy atom. The van der Waals surface area contributed by atoms with Crippen molar-refractivity contribution in [3.8, 4) is 145 Å². The molecule has 0 heteroatoms. The molecular weight excluding hydrogens is 1010 g/mol. The summed E-state index contributed by atoms with van der Waals surface area (Å²) in [5, 5.41) is 0. The Labute approximate surface area is 493 Å². The molecule has 0 bridgehead atoms. The molecule has 0 heterocycles. The third-order valence-corrected chi connectivity index (χ3v) is 16.3. The average molecular weight is 1070 g/mol. The summed E-state index contributed by atoms with van der Waals surface area (Å²) in [5.41, 5.74) is 30.3. The Hall–Kier alpha value is -10.9. The third-order valence-electron chi connectivity index (χ3n) is 16.3. The summed E-state index contributed by atoms with van der Waals surface area (Å²) in [6.45, 7) is 0. The molecule has 394 valence electrons. The van der Waals surface area contributed by atoms with Gasteiger partial charge in [0.05, 0.1) is 0 Å². The van der Waals surface area contributed by atoms with E-state index in [0.29, 0.717) is 0 Å². The summed E-state index contributed by atoms with van der Waals surface area (Å²) >= 11 is 0. The third kappa shape index (κ3) is 9.76. The monoisotopic (exact) mass is 1070 g/mol. The van der Waals surface area contributed by atoms with Crippen molar-refractivity contribution in [2.45, 2.75) is 0 Å². The topological polar surface area (TPSA) is 0 Å². The zero-order valence-corrected chi connectivity index (χ0v) is 46.5. The fourth-order valence-electron chi connectivity index (χ4n) is 12.7. The minimum atomic E-state index is 1.12. The molecule has 0 radical (unpaired) electrons. The molecule has 0 saturated heterocycles. The van der Waals surface area contributed by atoms with Crippen molar-refractivity contribution in [3.63, 3.8) is 0 Å². The molecule has 0 aromatic heterocycles. The molecule has 0 aliphatic heterocycles. The summed E-state index contributed by atoms with van der Waals surface area (Å²) in [6, 6.07) is 129. The molecule has 0 saturated carbocycles. The summed E-state index contributed by atoms with van der Waals surface area (Å²) in [7, 11) is 0. The van der Waals surface area contributed by atoms with Crippen LogP contribution in [0.5, 0.6) is 0 Å². The van der Waals surface area contributed by atoms with Crippen molar-refractivity contribution < 1.29 is 0 Å². The lowest BCUT2D eigenvalue weighted by Crippen LogP contribution is -2.02. The van der Waals surface area contributed by atoms with E-state index in [4.69, 9.17) is 0 Å². The van der Waals surface area contributed by atoms with E-state index in [2.05, 4.69) is 352 Å². The van der Waals surface area contributed by atoms with Crippen LogP contribution in [0.25, 0.3) is 145 Å². The molecule has 0 atom stereocenters. The first-order chi connectivity index (χ1) is 41.8. The first-order valence-corrected chi connectivity index (χ1v) is 29.0. The van der Waals surface area contributed by atoms with Gasteiger partial charge in [-0.1, -0.05) is 340 Å². The first kappa shape index (κ1) is 51.2. The van der Waals surface area contributed by atoms with Crippen LogP contribution in [0.15, 0.2) is 352 Å². The Morgan fingerprint density at radius 3 is 0.333 bits per heavy atom. The van der Waals surface area contributed by atoms with Crippen LogP contribution in [0.4, 0.5) is 0 Å². The highest BCUT2D eigenvalue weighted by Gasteiger charge is 2.31. The van der Waals surface area contributed by atoms with Gasteiger partial charge in [0.25, 0.3) is 0 Å². The van der Waals surface area contributed by atoms with Gasteiger partial charge in [0.15, 0.2) is 0 Å². The standard InChI is InChI=1S/C84H58/c1-11-33-59(34-12-1)73-75(61-37-15-3-16-38-61)79(65-45-23-7-24-46-65)83(80(66-47-25-8-26-48-66)76(73)62-39-17-4-18-40-62)71-55-31-53-69(57-71)70-54-32-56-72(58-70)84-81(67-49-27-9-28-50-67)77(63-41-19-5-20-42-63)74(60-35-13-2-14-36-60)78(64-43-21-6-22-44-64)82(84)68-51-29-10-30-52-68/h1-58H. The van der Waals surface area contributed by atoms with E-state index in [-0.39, 0.29) is 0 Å². The summed E-state index contributed by atoms with van der Waals surface area (Å²) in [5.74, 6) is 0. The van der Waals surface area contributed by atoms with E-state index in [1.165, 1.54) is 66.8 Å². The summed E-state index contributed by atoms with van der Waals surface area (Å²) < 4.78 is 0. The van der Waals surface area contributed by atoms with E-state index in [1.54, 1.807) is 0 Å². The van der Waals surface area contributed by atoms with Crippen LogP contribution in [0.3, 0.4) is 0 Å². The van der Waals surface area contributed by atoms with Crippen LogP contribution in [0, 0.1) is 0 Å². The smallest absolute Gasteiger partial charge is 0.00137 e. The van der Waals surface area contributed by atoms with E-state index in [1.807, 2.05) is 0 Å². The Kier molecular flexibility index (Phi) is 14.2. The maximum Gasteiger partial charge on any atom is -0.00137 e. The van der Waals surface area contributed by atoms with E-state index < -0.39 is 0 Å². The zero-order chi connectivity index (χ0) is 56.0. The summed E-state index contributed by atoms with van der Waals surface area (Å²) in [6.07, 6.45) is 0. The van der Waals surface area contributed by atoms with Crippen molar-refractivity contribution >= 4 is 0 Å². The highest BCUT2D eigenvalue weighted by Crippen LogP contribution is 2.58. The lowest BCUT2D eigenvalue weighted by molar-refractivity contribution is 1.50. The quantitative estimate of drug-likeness (QED) is 0.108. The second kappa shape index (κ2) is 23.3. The van der Waals surface area contributed by atoms with Gasteiger partial charge in [-0.25, -0.2) is 0 Å². The molecule has 14 aromatic carbocycles. The van der Waals surface area contributed by atoms with Crippen LogP contribution in [-0.2, 0) is 0 Å². The molecule has 0 aliphatic carbocycles. The minimum absolute atomic E-state index is 1.12. The van der Waals surface area contributed by atoms with Gasteiger partial charge in [-0.05, 0) is 157 Å². The molecule has 14 rings (SSSR count). The van der Waals surface area contributed by atoms with Crippen LogP contribution in [0.2, 0.25) is 0 Å². The molecule has 0 nitrogen and oxygen atoms in total. The molecule has 0 unspecified atom stereocenters. The van der Waals surface area contributed by atoms with Crippen LogP contribution in [0.1, 0.15) is 0 Å². The van der Waals surface area contributed by atoms with Gasteiger partial charge >= 0.3 is 0 Å². The van der Waals surface area contributed by atoms with Crippen molar-refractivity contribution in [2.24, 2.45) is 0 Å². The minimum Gasteiger partial charge on any atom is -0.0622 e. The molecule has 0 spiro atoms. The highest BCUT2D eigenvalue weighted by atomic mass is 14.3. The largest absolute Gasteiger partial charge is 0.0622 e.